The van der Waals surface area contributed by atoms with Gasteiger partial charge in [0, 0.05) is 24.0 Å². The molecule has 2 aromatic rings. The number of anilines is 2. The predicted octanol–water partition coefficient (Wildman–Crippen LogP) is 3.90. The van der Waals surface area contributed by atoms with Gasteiger partial charge < -0.3 is 4.90 Å². The number of benzene rings is 1. The van der Waals surface area contributed by atoms with Crippen LogP contribution in [0.1, 0.15) is 18.2 Å². The molecule has 4 heteroatoms. The third kappa shape index (κ3) is 2.62. The molecule has 3 nitrogen and oxygen atoms in total. The Hall–Kier alpha value is -1.61. The van der Waals surface area contributed by atoms with E-state index in [1.807, 2.05) is 25.1 Å². The van der Waals surface area contributed by atoms with Crippen LogP contribution in [-0.2, 0) is 0 Å². The van der Waals surface area contributed by atoms with Crippen molar-refractivity contribution in [3.8, 4) is 0 Å². The van der Waals surface area contributed by atoms with Crippen molar-refractivity contribution in [1.82, 2.24) is 9.97 Å². The molecule has 1 aromatic heterocycles. The normalized spacial score (nSPS) is 10.4. The highest BCUT2D eigenvalue weighted by atomic mass is 35.5. The summed E-state index contributed by atoms with van der Waals surface area (Å²) in [5, 5.41) is 0.289. The van der Waals surface area contributed by atoms with Crippen LogP contribution in [0.4, 0.5) is 11.5 Å². The Kier molecular flexibility index (Phi) is 3.82. The second-order valence-corrected chi connectivity index (χ2v) is 4.51. The van der Waals surface area contributed by atoms with E-state index < -0.39 is 0 Å². The maximum Gasteiger partial charge on any atom is 0.224 e. The average Bonchev–Trinajstić information content (AvgIpc) is 2.31. The minimum atomic E-state index is 0.289. The van der Waals surface area contributed by atoms with E-state index in [1.165, 1.54) is 5.56 Å². The molecule has 18 heavy (non-hydrogen) atoms. The molecule has 0 fully saturated rings. The van der Waals surface area contributed by atoms with E-state index in [1.54, 1.807) is 0 Å². The second-order valence-electron chi connectivity index (χ2n) is 4.17. The van der Waals surface area contributed by atoms with Crippen LogP contribution in [0.2, 0.25) is 5.28 Å². The number of para-hydroxylation sites is 1. The van der Waals surface area contributed by atoms with Crippen molar-refractivity contribution in [3.63, 3.8) is 0 Å². The Balaban J connectivity index is 2.48. The van der Waals surface area contributed by atoms with Crippen LogP contribution in [0.15, 0.2) is 30.3 Å². The molecule has 94 valence electrons. The van der Waals surface area contributed by atoms with E-state index in [2.05, 4.69) is 40.8 Å². The van der Waals surface area contributed by atoms with Gasteiger partial charge in [0.15, 0.2) is 0 Å². The molecule has 2 rings (SSSR count). The van der Waals surface area contributed by atoms with Crippen molar-refractivity contribution >= 4 is 23.1 Å². The third-order valence-electron chi connectivity index (χ3n) is 2.81. The third-order valence-corrected chi connectivity index (χ3v) is 2.98. The monoisotopic (exact) mass is 261 g/mol. The summed E-state index contributed by atoms with van der Waals surface area (Å²) >= 11 is 5.93. The maximum absolute atomic E-state index is 5.93. The van der Waals surface area contributed by atoms with Gasteiger partial charge >= 0.3 is 0 Å². The summed E-state index contributed by atoms with van der Waals surface area (Å²) in [6.45, 7) is 6.94. The summed E-state index contributed by atoms with van der Waals surface area (Å²) in [6.07, 6.45) is 0. The van der Waals surface area contributed by atoms with Crippen molar-refractivity contribution in [3.05, 3.63) is 46.9 Å². The molecule has 0 aliphatic heterocycles. The minimum Gasteiger partial charge on any atom is -0.326 e. The highest BCUT2D eigenvalue weighted by molar-refractivity contribution is 6.28. The fourth-order valence-corrected chi connectivity index (χ4v) is 2.20. The van der Waals surface area contributed by atoms with Gasteiger partial charge in [0.1, 0.15) is 5.82 Å². The van der Waals surface area contributed by atoms with Crippen LogP contribution < -0.4 is 4.90 Å². The highest BCUT2D eigenvalue weighted by Gasteiger charge is 2.12. The zero-order valence-corrected chi connectivity index (χ0v) is 11.6. The van der Waals surface area contributed by atoms with Crippen molar-refractivity contribution in [2.24, 2.45) is 0 Å². The standard InChI is InChI=1S/C14H16ClN3/c1-4-18(12-8-6-5-7-10(12)2)13-9-11(3)16-14(15)17-13/h5-9H,4H2,1-3H3. The van der Waals surface area contributed by atoms with Crippen LogP contribution in [-0.4, -0.2) is 16.5 Å². The second kappa shape index (κ2) is 5.36. The summed E-state index contributed by atoms with van der Waals surface area (Å²) in [6, 6.07) is 10.2. The molecule has 0 aliphatic carbocycles. The van der Waals surface area contributed by atoms with Gasteiger partial charge in [-0.2, -0.15) is 0 Å². The Bertz CT molecular complexity index is 534. The predicted molar refractivity (Wildman–Crippen MR) is 75.6 cm³/mol. The average molecular weight is 262 g/mol. The van der Waals surface area contributed by atoms with E-state index in [0.29, 0.717) is 0 Å². The number of aryl methyl sites for hydroxylation is 2. The van der Waals surface area contributed by atoms with E-state index >= 15 is 0 Å². The molecule has 1 heterocycles. The van der Waals surface area contributed by atoms with Gasteiger partial charge in [-0.25, -0.2) is 9.97 Å². The van der Waals surface area contributed by atoms with E-state index in [-0.39, 0.29) is 5.28 Å². The van der Waals surface area contributed by atoms with Crippen LogP contribution in [0.3, 0.4) is 0 Å². The van der Waals surface area contributed by atoms with Crippen molar-refractivity contribution in [2.45, 2.75) is 20.8 Å². The lowest BCUT2D eigenvalue weighted by molar-refractivity contribution is 0.961. The SMILES string of the molecule is CCN(c1cc(C)nc(Cl)n1)c1ccccc1C. The molecule has 0 spiro atoms. The smallest absolute Gasteiger partial charge is 0.224 e. The molecule has 0 amide bonds. The molecule has 0 saturated heterocycles. The summed E-state index contributed by atoms with van der Waals surface area (Å²) in [5.74, 6) is 0.837. The molecular formula is C14H16ClN3. The van der Waals surface area contributed by atoms with Gasteiger partial charge in [0.2, 0.25) is 5.28 Å². The summed E-state index contributed by atoms with van der Waals surface area (Å²) in [5.41, 5.74) is 3.23. The van der Waals surface area contributed by atoms with E-state index in [9.17, 15) is 0 Å². The number of hydrogen-bond acceptors (Lipinski definition) is 3. The zero-order chi connectivity index (χ0) is 13.1. The fourth-order valence-electron chi connectivity index (χ4n) is 1.98. The topological polar surface area (TPSA) is 29.0 Å². The molecule has 0 atom stereocenters. The highest BCUT2D eigenvalue weighted by Crippen LogP contribution is 2.27. The Labute approximate surface area is 112 Å². The molecule has 0 N–H and O–H groups in total. The van der Waals surface area contributed by atoms with Crippen molar-refractivity contribution in [1.29, 1.82) is 0 Å². The van der Waals surface area contributed by atoms with Crippen LogP contribution >= 0.6 is 11.6 Å². The fraction of sp³-hybridized carbons (Fsp3) is 0.286. The molecule has 0 radical (unpaired) electrons. The van der Waals surface area contributed by atoms with Crippen LogP contribution in [0.5, 0.6) is 0 Å². The molecule has 0 saturated carbocycles. The number of rotatable bonds is 3. The first-order valence-electron chi connectivity index (χ1n) is 5.96. The zero-order valence-electron chi connectivity index (χ0n) is 10.8. The van der Waals surface area contributed by atoms with E-state index in [4.69, 9.17) is 11.6 Å². The van der Waals surface area contributed by atoms with Gasteiger partial charge in [0.25, 0.3) is 0 Å². The first-order chi connectivity index (χ1) is 8.61. The van der Waals surface area contributed by atoms with E-state index in [0.717, 1.165) is 23.7 Å². The Morgan fingerprint density at radius 1 is 1.17 bits per heavy atom. The lowest BCUT2D eigenvalue weighted by Gasteiger charge is -2.24. The summed E-state index contributed by atoms with van der Waals surface area (Å²) in [7, 11) is 0. The summed E-state index contributed by atoms with van der Waals surface area (Å²) < 4.78 is 0. The number of nitrogens with zero attached hydrogens (tertiary/aromatic N) is 3. The van der Waals surface area contributed by atoms with Gasteiger partial charge in [-0.3, -0.25) is 0 Å². The van der Waals surface area contributed by atoms with Gasteiger partial charge in [-0.1, -0.05) is 18.2 Å². The van der Waals surface area contributed by atoms with Crippen molar-refractivity contribution in [2.75, 3.05) is 11.4 Å². The van der Waals surface area contributed by atoms with Crippen LogP contribution in [0.25, 0.3) is 0 Å². The quantitative estimate of drug-likeness (QED) is 0.785. The Morgan fingerprint density at radius 2 is 1.89 bits per heavy atom. The van der Waals surface area contributed by atoms with Gasteiger partial charge in [0.05, 0.1) is 0 Å². The van der Waals surface area contributed by atoms with Crippen molar-refractivity contribution < 1.29 is 0 Å². The molecular weight excluding hydrogens is 246 g/mol. The first kappa shape index (κ1) is 12.8. The number of aromatic nitrogens is 2. The lowest BCUT2D eigenvalue weighted by atomic mass is 10.2. The minimum absolute atomic E-state index is 0.289. The largest absolute Gasteiger partial charge is 0.326 e. The van der Waals surface area contributed by atoms with Gasteiger partial charge in [-0.15, -0.1) is 0 Å². The molecule has 1 aromatic carbocycles. The maximum atomic E-state index is 5.93. The number of halogens is 1. The summed E-state index contributed by atoms with van der Waals surface area (Å²) in [4.78, 5) is 10.5. The molecule has 0 aliphatic rings. The molecule has 0 unspecified atom stereocenters. The molecule has 0 bridgehead atoms. The van der Waals surface area contributed by atoms with Gasteiger partial charge in [-0.05, 0) is 44.0 Å². The number of hydrogen-bond donors (Lipinski definition) is 0. The lowest BCUT2D eigenvalue weighted by Crippen LogP contribution is -2.18. The van der Waals surface area contributed by atoms with Crippen LogP contribution in [0, 0.1) is 13.8 Å². The first-order valence-corrected chi connectivity index (χ1v) is 6.34. The Morgan fingerprint density at radius 3 is 2.50 bits per heavy atom.